The maximum absolute atomic E-state index is 14.2. The van der Waals surface area contributed by atoms with Crippen molar-refractivity contribution in [3.63, 3.8) is 0 Å². The molecule has 0 bridgehead atoms. The fourth-order valence-corrected chi connectivity index (χ4v) is 6.17. The molecular formula is C28H48N4O5S. The van der Waals surface area contributed by atoms with Crippen LogP contribution in [0.1, 0.15) is 101 Å². The minimum Gasteiger partial charge on any atom is -0.464 e. The van der Waals surface area contributed by atoms with Gasteiger partial charge in [0.2, 0.25) is 11.8 Å². The zero-order chi connectivity index (χ0) is 28.4. The summed E-state index contributed by atoms with van der Waals surface area (Å²) in [4.78, 5) is 47.6. The van der Waals surface area contributed by atoms with Crippen molar-refractivity contribution in [1.29, 1.82) is 0 Å². The number of nitrogens with one attached hydrogen (secondary N) is 1. The number of thiazole rings is 1. The van der Waals surface area contributed by atoms with Gasteiger partial charge in [-0.1, -0.05) is 53.9 Å². The number of aliphatic hydroxyl groups excluding tert-OH is 1. The van der Waals surface area contributed by atoms with Gasteiger partial charge in [-0.15, -0.1) is 11.3 Å². The Morgan fingerprint density at radius 3 is 2.47 bits per heavy atom. The standard InChI is InChI=1S/C28H48N4O5S/c1-8-14-32(22(18(4)5)16-23(33)26-29-20(17-38-26)28(36)37-7)27(35)24(19(9-2)10-3)30-25(34)21-13-11-12-15-31(21)6/h17-19,21-24,33H,8-16H2,1-7H3,(H,30,34)/t21?,22-,23-,24?/m1/s1. The molecular weight excluding hydrogens is 504 g/mol. The largest absolute Gasteiger partial charge is 0.464 e. The molecule has 1 aromatic rings. The van der Waals surface area contributed by atoms with Crippen molar-refractivity contribution in [1.82, 2.24) is 20.1 Å². The third-order valence-electron chi connectivity index (χ3n) is 7.74. The number of piperidine rings is 1. The zero-order valence-electron chi connectivity index (χ0n) is 24.2. The second kappa shape index (κ2) is 15.5. The first-order valence-corrected chi connectivity index (χ1v) is 15.0. The van der Waals surface area contributed by atoms with Gasteiger partial charge in [-0.25, -0.2) is 9.78 Å². The third kappa shape index (κ3) is 8.23. The molecule has 2 rings (SSSR count). The van der Waals surface area contributed by atoms with E-state index in [1.54, 1.807) is 5.38 Å². The zero-order valence-corrected chi connectivity index (χ0v) is 25.1. The highest BCUT2D eigenvalue weighted by Crippen LogP contribution is 2.29. The lowest BCUT2D eigenvalue weighted by Crippen LogP contribution is -2.59. The van der Waals surface area contributed by atoms with Gasteiger partial charge in [-0.3, -0.25) is 14.5 Å². The van der Waals surface area contributed by atoms with Crippen molar-refractivity contribution in [3.8, 4) is 0 Å². The summed E-state index contributed by atoms with van der Waals surface area (Å²) in [6, 6.07) is -1.11. The maximum atomic E-state index is 14.2. The quantitative estimate of drug-likeness (QED) is 0.335. The lowest BCUT2D eigenvalue weighted by molar-refractivity contribution is -0.143. The fraction of sp³-hybridized carbons (Fsp3) is 0.786. The van der Waals surface area contributed by atoms with E-state index in [1.165, 1.54) is 18.4 Å². The monoisotopic (exact) mass is 552 g/mol. The predicted octanol–water partition coefficient (Wildman–Crippen LogP) is 4.02. The average molecular weight is 553 g/mol. The molecule has 0 saturated carbocycles. The number of carbonyl (C=O) groups is 3. The van der Waals surface area contributed by atoms with Crippen LogP contribution in [-0.4, -0.2) is 83.0 Å². The van der Waals surface area contributed by atoms with Crippen LogP contribution in [0.4, 0.5) is 0 Å². The van der Waals surface area contributed by atoms with Crippen molar-refractivity contribution in [2.24, 2.45) is 11.8 Å². The summed E-state index contributed by atoms with van der Waals surface area (Å²) in [6.07, 6.45) is 4.54. The van der Waals surface area contributed by atoms with Gasteiger partial charge < -0.3 is 20.1 Å². The van der Waals surface area contributed by atoms with Gasteiger partial charge >= 0.3 is 5.97 Å². The molecule has 0 aliphatic carbocycles. The number of amides is 2. The lowest BCUT2D eigenvalue weighted by Gasteiger charge is -2.40. The van der Waals surface area contributed by atoms with E-state index in [2.05, 4.69) is 29.0 Å². The molecule has 0 spiro atoms. The first kappa shape index (κ1) is 32.2. The molecule has 1 saturated heterocycles. The fourth-order valence-electron chi connectivity index (χ4n) is 5.38. The maximum Gasteiger partial charge on any atom is 0.357 e. The van der Waals surface area contributed by atoms with Crippen LogP contribution in [0.3, 0.4) is 0 Å². The predicted molar refractivity (Wildman–Crippen MR) is 150 cm³/mol. The number of methoxy groups -OCH3 is 1. The van der Waals surface area contributed by atoms with Gasteiger partial charge in [0.15, 0.2) is 5.69 Å². The lowest BCUT2D eigenvalue weighted by atomic mass is 9.89. The molecule has 4 atom stereocenters. The van der Waals surface area contributed by atoms with Crippen LogP contribution in [0.2, 0.25) is 0 Å². The number of rotatable bonds is 14. The number of aliphatic hydroxyl groups is 1. The average Bonchev–Trinajstić information content (AvgIpc) is 3.40. The Morgan fingerprint density at radius 1 is 1.24 bits per heavy atom. The molecule has 2 unspecified atom stereocenters. The number of likely N-dealkylation sites (tertiary alicyclic amines) is 1. The number of ether oxygens (including phenoxy) is 1. The Balaban J connectivity index is 2.31. The SMILES string of the molecule is CCCN(C(=O)C(NC(=O)C1CCCCN1C)C(CC)CC)[C@H](C[C@@H](O)c1nc(C(=O)OC)cs1)C(C)C. The van der Waals surface area contributed by atoms with E-state index in [0.717, 1.165) is 45.1 Å². The Kier molecular flexibility index (Phi) is 13.1. The highest BCUT2D eigenvalue weighted by Gasteiger charge is 2.38. The summed E-state index contributed by atoms with van der Waals surface area (Å²) >= 11 is 1.20. The van der Waals surface area contributed by atoms with Gasteiger partial charge in [0.05, 0.1) is 13.2 Å². The number of hydrogen-bond acceptors (Lipinski definition) is 8. The number of nitrogens with zero attached hydrogens (tertiary/aromatic N) is 3. The van der Waals surface area contributed by atoms with Gasteiger partial charge in [-0.05, 0) is 44.7 Å². The van der Waals surface area contributed by atoms with Crippen molar-refractivity contribution < 1.29 is 24.2 Å². The molecule has 1 fully saturated rings. The van der Waals surface area contributed by atoms with Crippen LogP contribution in [0.25, 0.3) is 0 Å². The highest BCUT2D eigenvalue weighted by molar-refractivity contribution is 7.09. The highest BCUT2D eigenvalue weighted by atomic mass is 32.1. The molecule has 10 heteroatoms. The summed E-state index contributed by atoms with van der Waals surface area (Å²) < 4.78 is 4.74. The van der Waals surface area contributed by atoms with Gasteiger partial charge in [-0.2, -0.15) is 0 Å². The van der Waals surface area contributed by atoms with E-state index >= 15 is 0 Å². The Labute approximate surface area is 232 Å². The molecule has 216 valence electrons. The summed E-state index contributed by atoms with van der Waals surface area (Å²) in [5.41, 5.74) is 0.165. The van der Waals surface area contributed by atoms with Gasteiger partial charge in [0.1, 0.15) is 17.2 Å². The first-order valence-electron chi connectivity index (χ1n) is 14.1. The van der Waals surface area contributed by atoms with Crippen molar-refractivity contribution in [2.45, 2.75) is 104 Å². The minimum absolute atomic E-state index is 0.0130. The van der Waals surface area contributed by atoms with Crippen LogP contribution in [0.15, 0.2) is 5.38 Å². The number of aromatic nitrogens is 1. The molecule has 1 aliphatic rings. The molecule has 2 heterocycles. The molecule has 0 aromatic carbocycles. The van der Waals surface area contributed by atoms with E-state index in [0.29, 0.717) is 11.6 Å². The molecule has 9 nitrogen and oxygen atoms in total. The summed E-state index contributed by atoms with van der Waals surface area (Å²) in [5.74, 6) is -0.641. The first-order chi connectivity index (χ1) is 18.1. The van der Waals surface area contributed by atoms with Crippen molar-refractivity contribution >= 4 is 29.1 Å². The van der Waals surface area contributed by atoms with Crippen LogP contribution in [0, 0.1) is 11.8 Å². The van der Waals surface area contributed by atoms with E-state index in [4.69, 9.17) is 4.74 Å². The molecule has 1 aromatic heterocycles. The van der Waals surface area contributed by atoms with Crippen molar-refractivity contribution in [2.75, 3.05) is 27.2 Å². The topological polar surface area (TPSA) is 112 Å². The molecule has 1 aliphatic heterocycles. The Morgan fingerprint density at radius 2 is 1.92 bits per heavy atom. The van der Waals surface area contributed by atoms with E-state index in [-0.39, 0.29) is 47.8 Å². The summed E-state index contributed by atoms with van der Waals surface area (Å²) in [7, 11) is 3.27. The van der Waals surface area contributed by atoms with Crippen LogP contribution < -0.4 is 5.32 Å². The second-order valence-corrected chi connectivity index (χ2v) is 11.6. The van der Waals surface area contributed by atoms with E-state index in [1.807, 2.05) is 32.7 Å². The molecule has 2 N–H and O–H groups in total. The minimum atomic E-state index is -0.935. The number of esters is 1. The number of likely N-dealkylation sites (N-methyl/N-ethyl adjacent to an activating group) is 1. The second-order valence-electron chi connectivity index (χ2n) is 10.7. The number of carbonyl (C=O) groups excluding carboxylic acids is 3. The van der Waals surface area contributed by atoms with Crippen LogP contribution in [-0.2, 0) is 14.3 Å². The van der Waals surface area contributed by atoms with Gasteiger partial charge in [0.25, 0.3) is 0 Å². The van der Waals surface area contributed by atoms with Crippen LogP contribution in [0.5, 0.6) is 0 Å². The van der Waals surface area contributed by atoms with E-state index < -0.39 is 18.1 Å². The Bertz CT molecular complexity index is 904. The van der Waals surface area contributed by atoms with Crippen LogP contribution >= 0.6 is 11.3 Å². The summed E-state index contributed by atoms with van der Waals surface area (Å²) in [5, 5.41) is 16.2. The van der Waals surface area contributed by atoms with Crippen molar-refractivity contribution in [3.05, 3.63) is 16.1 Å². The Hall–Kier alpha value is -2.04. The summed E-state index contributed by atoms with van der Waals surface area (Å²) in [6.45, 7) is 11.6. The smallest absolute Gasteiger partial charge is 0.357 e. The molecule has 38 heavy (non-hydrogen) atoms. The number of hydrogen-bond donors (Lipinski definition) is 2. The molecule has 2 amide bonds. The third-order valence-corrected chi connectivity index (χ3v) is 8.69. The van der Waals surface area contributed by atoms with Gasteiger partial charge in [0, 0.05) is 24.4 Å². The van der Waals surface area contributed by atoms with E-state index in [9.17, 15) is 19.5 Å². The molecule has 0 radical (unpaired) electrons. The normalized spacial score (nSPS) is 18.7.